The third kappa shape index (κ3) is 3.23. The number of benzene rings is 1. The first-order valence-electron chi connectivity index (χ1n) is 6.37. The van der Waals surface area contributed by atoms with Gasteiger partial charge in [-0.2, -0.15) is 5.10 Å². The van der Waals surface area contributed by atoms with Crippen LogP contribution in [0.5, 0.6) is 0 Å². The van der Waals surface area contributed by atoms with Crippen LogP contribution in [0.2, 0.25) is 0 Å². The zero-order chi connectivity index (χ0) is 14.7. The van der Waals surface area contributed by atoms with E-state index in [0.29, 0.717) is 6.42 Å². The van der Waals surface area contributed by atoms with E-state index in [4.69, 9.17) is 0 Å². The molecule has 0 N–H and O–H groups in total. The maximum atomic E-state index is 13.5. The first kappa shape index (κ1) is 14.2. The van der Waals surface area contributed by atoms with Crippen LogP contribution in [0.1, 0.15) is 17.7 Å². The number of aryl methyl sites for hydroxylation is 3. The molecular weight excluding hydrogens is 259 g/mol. The minimum absolute atomic E-state index is 0.265. The van der Waals surface area contributed by atoms with Crippen LogP contribution in [-0.2, 0) is 23.0 Å². The van der Waals surface area contributed by atoms with Gasteiger partial charge in [0.2, 0.25) is 0 Å². The fourth-order valence-electron chi connectivity index (χ4n) is 2.14. The first-order chi connectivity index (χ1) is 9.49. The highest BCUT2D eigenvalue weighted by Crippen LogP contribution is 2.22. The highest BCUT2D eigenvalue weighted by Gasteiger charge is 2.10. The summed E-state index contributed by atoms with van der Waals surface area (Å²) in [4.78, 5) is 11.1. The van der Waals surface area contributed by atoms with Gasteiger partial charge in [-0.3, -0.25) is 9.48 Å². The Kier molecular flexibility index (Phi) is 4.17. The second kappa shape index (κ2) is 5.86. The molecule has 0 unspecified atom stereocenters. The first-order valence-corrected chi connectivity index (χ1v) is 6.37. The SMILES string of the molecule is COC(=O)CCc1cc(-c2cc(C)cc(F)c2)n(C)n1. The number of methoxy groups -OCH3 is 1. The minimum atomic E-state index is -0.266. The molecule has 2 aromatic rings. The molecule has 0 atom stereocenters. The summed E-state index contributed by atoms with van der Waals surface area (Å²) in [5, 5.41) is 4.34. The van der Waals surface area contributed by atoms with Gasteiger partial charge in [-0.05, 0) is 36.8 Å². The lowest BCUT2D eigenvalue weighted by Gasteiger charge is -2.03. The predicted octanol–water partition coefficient (Wildman–Crippen LogP) is 2.64. The molecule has 1 aromatic heterocycles. The lowest BCUT2D eigenvalue weighted by Crippen LogP contribution is -2.02. The van der Waals surface area contributed by atoms with Crippen molar-refractivity contribution in [3.05, 3.63) is 41.3 Å². The molecule has 1 heterocycles. The van der Waals surface area contributed by atoms with Gasteiger partial charge in [-0.1, -0.05) is 0 Å². The van der Waals surface area contributed by atoms with E-state index in [2.05, 4.69) is 9.84 Å². The fourth-order valence-corrected chi connectivity index (χ4v) is 2.14. The van der Waals surface area contributed by atoms with Gasteiger partial charge < -0.3 is 4.74 Å². The lowest BCUT2D eigenvalue weighted by molar-refractivity contribution is -0.140. The van der Waals surface area contributed by atoms with Crippen LogP contribution in [0.4, 0.5) is 4.39 Å². The Morgan fingerprint density at radius 2 is 2.10 bits per heavy atom. The Hall–Kier alpha value is -2.17. The van der Waals surface area contributed by atoms with Gasteiger partial charge in [0.05, 0.1) is 24.9 Å². The molecule has 0 radical (unpaired) electrons. The highest BCUT2D eigenvalue weighted by molar-refractivity contribution is 5.69. The van der Waals surface area contributed by atoms with Crippen LogP contribution in [0.3, 0.4) is 0 Å². The van der Waals surface area contributed by atoms with Crippen molar-refractivity contribution >= 4 is 5.97 Å². The Bertz CT molecular complexity index is 615. The monoisotopic (exact) mass is 276 g/mol. The Morgan fingerprint density at radius 3 is 2.75 bits per heavy atom. The molecule has 0 bridgehead atoms. The molecule has 0 aliphatic heterocycles. The molecule has 0 spiro atoms. The summed E-state index contributed by atoms with van der Waals surface area (Å²) in [5.74, 6) is -0.531. The van der Waals surface area contributed by atoms with Gasteiger partial charge in [0.1, 0.15) is 5.82 Å². The summed E-state index contributed by atoms with van der Waals surface area (Å²) in [6.07, 6.45) is 0.796. The normalized spacial score (nSPS) is 10.6. The third-order valence-electron chi connectivity index (χ3n) is 3.08. The number of rotatable bonds is 4. The maximum absolute atomic E-state index is 13.5. The van der Waals surface area contributed by atoms with Crippen molar-refractivity contribution < 1.29 is 13.9 Å². The number of carbonyl (C=O) groups is 1. The van der Waals surface area contributed by atoms with E-state index in [0.717, 1.165) is 22.5 Å². The molecule has 0 fully saturated rings. The van der Waals surface area contributed by atoms with E-state index >= 15 is 0 Å². The Labute approximate surface area is 117 Å². The molecule has 0 aliphatic rings. The predicted molar refractivity (Wildman–Crippen MR) is 73.7 cm³/mol. The van der Waals surface area contributed by atoms with Crippen LogP contribution < -0.4 is 0 Å². The Morgan fingerprint density at radius 1 is 1.35 bits per heavy atom. The van der Waals surface area contributed by atoms with E-state index in [1.54, 1.807) is 11.7 Å². The number of nitrogens with zero attached hydrogens (tertiary/aromatic N) is 2. The average Bonchev–Trinajstić information content (AvgIpc) is 2.76. The molecule has 0 amide bonds. The number of hydrogen-bond donors (Lipinski definition) is 0. The van der Waals surface area contributed by atoms with Crippen molar-refractivity contribution in [2.45, 2.75) is 19.8 Å². The average molecular weight is 276 g/mol. The lowest BCUT2D eigenvalue weighted by atomic mass is 10.1. The molecule has 106 valence electrons. The molecule has 2 rings (SSSR count). The zero-order valence-electron chi connectivity index (χ0n) is 11.8. The summed E-state index contributed by atoms with van der Waals surface area (Å²) in [7, 11) is 3.17. The van der Waals surface area contributed by atoms with Crippen molar-refractivity contribution in [1.82, 2.24) is 9.78 Å². The maximum Gasteiger partial charge on any atom is 0.305 e. The standard InChI is InChI=1S/C15H17FN2O2/c1-10-6-11(8-12(16)7-10)14-9-13(17-18(14)2)4-5-15(19)20-3/h6-9H,4-5H2,1-3H3. The third-order valence-corrected chi connectivity index (χ3v) is 3.08. The van der Waals surface area contributed by atoms with E-state index in [1.165, 1.54) is 19.2 Å². The van der Waals surface area contributed by atoms with Gasteiger partial charge in [0, 0.05) is 19.0 Å². The summed E-state index contributed by atoms with van der Waals surface area (Å²) in [6.45, 7) is 1.85. The van der Waals surface area contributed by atoms with Crippen LogP contribution in [0.25, 0.3) is 11.3 Å². The summed E-state index contributed by atoms with van der Waals surface area (Å²) >= 11 is 0. The second-order valence-corrected chi connectivity index (χ2v) is 4.74. The molecule has 5 heteroatoms. The van der Waals surface area contributed by atoms with Gasteiger partial charge in [0.15, 0.2) is 0 Å². The van der Waals surface area contributed by atoms with Gasteiger partial charge in [-0.15, -0.1) is 0 Å². The van der Waals surface area contributed by atoms with E-state index in [1.807, 2.05) is 19.1 Å². The Balaban J connectivity index is 2.24. The van der Waals surface area contributed by atoms with Crippen molar-refractivity contribution in [2.75, 3.05) is 7.11 Å². The van der Waals surface area contributed by atoms with Gasteiger partial charge in [0.25, 0.3) is 0 Å². The molecular formula is C15H17FN2O2. The number of esters is 1. The number of halogens is 1. The van der Waals surface area contributed by atoms with Crippen molar-refractivity contribution in [3.63, 3.8) is 0 Å². The highest BCUT2D eigenvalue weighted by atomic mass is 19.1. The minimum Gasteiger partial charge on any atom is -0.469 e. The van der Waals surface area contributed by atoms with Crippen molar-refractivity contribution in [2.24, 2.45) is 7.05 Å². The van der Waals surface area contributed by atoms with Gasteiger partial charge >= 0.3 is 5.97 Å². The summed E-state index contributed by atoms with van der Waals surface area (Å²) in [5.41, 5.74) is 3.25. The number of aromatic nitrogens is 2. The second-order valence-electron chi connectivity index (χ2n) is 4.74. The zero-order valence-corrected chi connectivity index (χ0v) is 11.8. The van der Waals surface area contributed by atoms with E-state index < -0.39 is 0 Å². The largest absolute Gasteiger partial charge is 0.469 e. The van der Waals surface area contributed by atoms with Crippen LogP contribution >= 0.6 is 0 Å². The molecule has 1 aromatic carbocycles. The molecule has 4 nitrogen and oxygen atoms in total. The van der Waals surface area contributed by atoms with E-state index in [-0.39, 0.29) is 18.2 Å². The number of ether oxygens (including phenoxy) is 1. The fraction of sp³-hybridized carbons (Fsp3) is 0.333. The van der Waals surface area contributed by atoms with Crippen LogP contribution in [-0.4, -0.2) is 22.9 Å². The number of carbonyl (C=O) groups excluding carboxylic acids is 1. The van der Waals surface area contributed by atoms with Crippen molar-refractivity contribution in [3.8, 4) is 11.3 Å². The smallest absolute Gasteiger partial charge is 0.305 e. The number of hydrogen-bond acceptors (Lipinski definition) is 3. The van der Waals surface area contributed by atoms with Crippen LogP contribution in [0, 0.1) is 12.7 Å². The quantitative estimate of drug-likeness (QED) is 0.806. The molecule has 0 aliphatic carbocycles. The topological polar surface area (TPSA) is 44.1 Å². The summed E-state index contributed by atoms with van der Waals surface area (Å²) < 4.78 is 19.8. The van der Waals surface area contributed by atoms with Gasteiger partial charge in [-0.25, -0.2) is 4.39 Å². The molecule has 0 saturated heterocycles. The molecule has 0 saturated carbocycles. The van der Waals surface area contributed by atoms with E-state index in [9.17, 15) is 9.18 Å². The van der Waals surface area contributed by atoms with Crippen molar-refractivity contribution in [1.29, 1.82) is 0 Å². The summed E-state index contributed by atoms with van der Waals surface area (Å²) in [6, 6.07) is 6.74. The van der Waals surface area contributed by atoms with Crippen LogP contribution in [0.15, 0.2) is 24.3 Å². The molecule has 20 heavy (non-hydrogen) atoms.